The van der Waals surface area contributed by atoms with Gasteiger partial charge in [0.25, 0.3) is 5.91 Å². The van der Waals surface area contributed by atoms with Crippen LogP contribution in [0.4, 0.5) is 11.4 Å². The van der Waals surface area contributed by atoms with Crippen molar-refractivity contribution in [1.82, 2.24) is 4.90 Å². The van der Waals surface area contributed by atoms with Crippen LogP contribution in [0.5, 0.6) is 0 Å². The van der Waals surface area contributed by atoms with Gasteiger partial charge in [0.2, 0.25) is 5.91 Å². The number of likely N-dealkylation sites (tertiary alicyclic amines) is 1. The average Bonchev–Trinajstić information content (AvgIpc) is 3.22. The molecule has 158 valence electrons. The standard InChI is InChI=1S/C23H26ClN3O2S/c1-16-10-13-27(20-6-2-3-7-21(20)30-16)22(28)15-25-19-14-17(24)8-9-18(19)23(29)26-11-4-5-12-26/h2-3,6-9,14,16,25H,4-5,10-13,15H2,1H3/t16-/m1/s1. The minimum absolute atomic E-state index is 0.00976. The first-order valence-corrected chi connectivity index (χ1v) is 11.7. The first-order chi connectivity index (χ1) is 14.5. The van der Waals surface area contributed by atoms with Crippen LogP contribution in [0, 0.1) is 0 Å². The first kappa shape index (κ1) is 21.1. The third-order valence-electron chi connectivity index (χ3n) is 5.58. The fraction of sp³-hybridized carbons (Fsp3) is 0.391. The zero-order chi connectivity index (χ0) is 21.1. The lowest BCUT2D eigenvalue weighted by Crippen LogP contribution is -2.37. The van der Waals surface area contributed by atoms with E-state index < -0.39 is 0 Å². The van der Waals surface area contributed by atoms with Gasteiger partial charge in [-0.2, -0.15) is 0 Å². The lowest BCUT2D eigenvalue weighted by atomic mass is 10.1. The molecule has 2 aliphatic rings. The van der Waals surface area contributed by atoms with E-state index in [-0.39, 0.29) is 18.4 Å². The molecule has 5 nitrogen and oxygen atoms in total. The van der Waals surface area contributed by atoms with E-state index in [2.05, 4.69) is 18.3 Å². The molecule has 0 unspecified atom stereocenters. The highest BCUT2D eigenvalue weighted by atomic mass is 35.5. The Morgan fingerprint density at radius 1 is 1.13 bits per heavy atom. The SMILES string of the molecule is C[C@@H]1CCN(C(=O)CNc2cc(Cl)ccc2C(=O)N2CCCC2)c2ccccc2S1. The Balaban J connectivity index is 1.52. The molecule has 0 aromatic heterocycles. The molecule has 1 fully saturated rings. The van der Waals surface area contributed by atoms with Gasteiger partial charge in [0.05, 0.1) is 17.8 Å². The normalized spacial score (nSPS) is 18.7. The Morgan fingerprint density at radius 2 is 1.90 bits per heavy atom. The van der Waals surface area contributed by atoms with Gasteiger partial charge in [-0.3, -0.25) is 9.59 Å². The number of carbonyl (C=O) groups excluding carboxylic acids is 2. The molecule has 2 aromatic rings. The maximum Gasteiger partial charge on any atom is 0.255 e. The van der Waals surface area contributed by atoms with Gasteiger partial charge in [0.1, 0.15) is 0 Å². The van der Waals surface area contributed by atoms with Crippen LogP contribution < -0.4 is 10.2 Å². The van der Waals surface area contributed by atoms with Gasteiger partial charge in [-0.25, -0.2) is 0 Å². The second-order valence-electron chi connectivity index (χ2n) is 7.77. The Kier molecular flexibility index (Phi) is 6.54. The Hall–Kier alpha value is -2.18. The van der Waals surface area contributed by atoms with E-state index in [9.17, 15) is 9.59 Å². The monoisotopic (exact) mass is 443 g/mol. The molecule has 2 heterocycles. The summed E-state index contributed by atoms with van der Waals surface area (Å²) < 4.78 is 0. The fourth-order valence-electron chi connectivity index (χ4n) is 3.95. The van der Waals surface area contributed by atoms with Crippen molar-refractivity contribution in [2.24, 2.45) is 0 Å². The number of amides is 2. The molecule has 0 spiro atoms. The molecular weight excluding hydrogens is 418 g/mol. The molecule has 1 N–H and O–H groups in total. The quantitative estimate of drug-likeness (QED) is 0.729. The van der Waals surface area contributed by atoms with Gasteiger partial charge >= 0.3 is 0 Å². The van der Waals surface area contributed by atoms with Crippen LogP contribution >= 0.6 is 23.4 Å². The summed E-state index contributed by atoms with van der Waals surface area (Å²) in [6, 6.07) is 13.2. The van der Waals surface area contributed by atoms with E-state index in [0.29, 0.717) is 28.1 Å². The lowest BCUT2D eigenvalue weighted by molar-refractivity contribution is -0.117. The molecule has 7 heteroatoms. The number of nitrogens with zero attached hydrogens (tertiary/aromatic N) is 2. The van der Waals surface area contributed by atoms with Gasteiger partial charge in [-0.05, 0) is 49.6 Å². The van der Waals surface area contributed by atoms with Gasteiger partial charge in [-0.15, -0.1) is 11.8 Å². The smallest absolute Gasteiger partial charge is 0.255 e. The summed E-state index contributed by atoms with van der Waals surface area (Å²) in [6.45, 7) is 4.53. The molecule has 0 bridgehead atoms. The predicted octanol–water partition coefficient (Wildman–Crippen LogP) is 4.91. The fourth-order valence-corrected chi connectivity index (χ4v) is 5.24. The molecule has 2 aromatic carbocycles. The summed E-state index contributed by atoms with van der Waals surface area (Å²) >= 11 is 8.00. The number of halogens is 1. The highest BCUT2D eigenvalue weighted by molar-refractivity contribution is 8.00. The molecule has 2 aliphatic heterocycles. The number of thioether (sulfide) groups is 1. The Bertz CT molecular complexity index is 946. The van der Waals surface area contributed by atoms with Gasteiger partial charge < -0.3 is 15.1 Å². The van der Waals surface area contributed by atoms with Crippen LogP contribution in [0.15, 0.2) is 47.4 Å². The van der Waals surface area contributed by atoms with Crippen molar-refractivity contribution >= 4 is 46.6 Å². The van der Waals surface area contributed by atoms with Crippen LogP contribution in [0.25, 0.3) is 0 Å². The number of hydrogen-bond donors (Lipinski definition) is 1. The molecule has 1 saturated heterocycles. The summed E-state index contributed by atoms with van der Waals surface area (Å²) in [7, 11) is 0. The molecule has 4 rings (SSSR count). The van der Waals surface area contributed by atoms with Crippen molar-refractivity contribution in [1.29, 1.82) is 0 Å². The number of nitrogens with one attached hydrogen (secondary N) is 1. The van der Waals surface area contributed by atoms with Crippen molar-refractivity contribution in [3.05, 3.63) is 53.1 Å². The van der Waals surface area contributed by atoms with E-state index in [0.717, 1.165) is 42.9 Å². The predicted molar refractivity (Wildman–Crippen MR) is 124 cm³/mol. The van der Waals surface area contributed by atoms with Crippen molar-refractivity contribution in [2.75, 3.05) is 36.4 Å². The molecule has 0 saturated carbocycles. The summed E-state index contributed by atoms with van der Waals surface area (Å²) in [4.78, 5) is 30.9. The van der Waals surface area contributed by atoms with Gasteiger partial charge in [0, 0.05) is 40.5 Å². The van der Waals surface area contributed by atoms with E-state index >= 15 is 0 Å². The largest absolute Gasteiger partial charge is 0.375 e. The third kappa shape index (κ3) is 4.60. The molecule has 0 aliphatic carbocycles. The number of benzene rings is 2. The lowest BCUT2D eigenvalue weighted by Gasteiger charge is -2.24. The number of hydrogen-bond acceptors (Lipinski definition) is 4. The Morgan fingerprint density at radius 3 is 2.70 bits per heavy atom. The zero-order valence-corrected chi connectivity index (χ0v) is 18.6. The molecule has 0 radical (unpaired) electrons. The molecule has 1 atom stereocenters. The van der Waals surface area contributed by atoms with Gasteiger partial charge in [-0.1, -0.05) is 30.7 Å². The number of para-hydroxylation sites is 1. The van der Waals surface area contributed by atoms with Crippen molar-refractivity contribution in [3.63, 3.8) is 0 Å². The van der Waals surface area contributed by atoms with E-state index in [4.69, 9.17) is 11.6 Å². The van der Waals surface area contributed by atoms with Crippen molar-refractivity contribution in [3.8, 4) is 0 Å². The maximum absolute atomic E-state index is 13.1. The highest BCUT2D eigenvalue weighted by Crippen LogP contribution is 2.37. The van der Waals surface area contributed by atoms with Crippen LogP contribution in [-0.4, -0.2) is 48.1 Å². The highest BCUT2D eigenvalue weighted by Gasteiger charge is 2.25. The summed E-state index contributed by atoms with van der Waals surface area (Å²) in [5.41, 5.74) is 2.13. The second-order valence-corrected chi connectivity index (χ2v) is 9.69. The summed E-state index contributed by atoms with van der Waals surface area (Å²) in [5, 5.41) is 4.18. The maximum atomic E-state index is 13.1. The first-order valence-electron chi connectivity index (χ1n) is 10.4. The van der Waals surface area contributed by atoms with Crippen LogP contribution in [-0.2, 0) is 4.79 Å². The molecule has 30 heavy (non-hydrogen) atoms. The minimum Gasteiger partial charge on any atom is -0.375 e. The zero-order valence-electron chi connectivity index (χ0n) is 17.1. The third-order valence-corrected chi connectivity index (χ3v) is 7.05. The van der Waals surface area contributed by atoms with Crippen LogP contribution in [0.3, 0.4) is 0 Å². The van der Waals surface area contributed by atoms with Crippen LogP contribution in [0.2, 0.25) is 5.02 Å². The number of carbonyl (C=O) groups is 2. The number of anilines is 2. The molecular formula is C23H26ClN3O2S. The average molecular weight is 444 g/mol. The van der Waals surface area contributed by atoms with Crippen molar-refractivity contribution in [2.45, 2.75) is 36.3 Å². The van der Waals surface area contributed by atoms with E-state index in [1.54, 1.807) is 18.2 Å². The van der Waals surface area contributed by atoms with E-state index in [1.165, 1.54) is 0 Å². The van der Waals surface area contributed by atoms with Crippen molar-refractivity contribution < 1.29 is 9.59 Å². The van der Waals surface area contributed by atoms with E-state index in [1.807, 2.05) is 39.8 Å². The van der Waals surface area contributed by atoms with Crippen LogP contribution in [0.1, 0.15) is 36.5 Å². The molecule has 2 amide bonds. The second kappa shape index (κ2) is 9.31. The Labute approximate surface area is 186 Å². The summed E-state index contributed by atoms with van der Waals surface area (Å²) in [5.74, 6) is -0.0267. The van der Waals surface area contributed by atoms with Gasteiger partial charge in [0.15, 0.2) is 0 Å². The number of fused-ring (bicyclic) bond motifs is 1. The minimum atomic E-state index is -0.0169. The topological polar surface area (TPSA) is 52.7 Å². The number of rotatable bonds is 4. The summed E-state index contributed by atoms with van der Waals surface area (Å²) in [6.07, 6.45) is 3.00.